The van der Waals surface area contributed by atoms with Gasteiger partial charge in [0.05, 0.1) is 6.61 Å². The van der Waals surface area contributed by atoms with Gasteiger partial charge in [-0.1, -0.05) is 18.2 Å². The van der Waals surface area contributed by atoms with E-state index in [0.717, 1.165) is 18.0 Å². The van der Waals surface area contributed by atoms with Gasteiger partial charge < -0.3 is 4.74 Å². The Morgan fingerprint density at radius 2 is 2.24 bits per heavy atom. The number of nitrogens with zero attached hydrogens (tertiary/aromatic N) is 3. The molecular formula is C15H21N5O. The minimum Gasteiger partial charge on any atom is -0.493 e. The molecule has 1 aliphatic rings. The largest absolute Gasteiger partial charge is 0.493 e. The molecule has 21 heavy (non-hydrogen) atoms. The summed E-state index contributed by atoms with van der Waals surface area (Å²) in [6, 6.07) is 8.47. The lowest BCUT2D eigenvalue weighted by molar-refractivity contribution is 0.294. The molecule has 0 saturated carbocycles. The molecule has 3 rings (SSSR count). The quantitative estimate of drug-likeness (QED) is 0.642. The van der Waals surface area contributed by atoms with E-state index >= 15 is 0 Å². The topological polar surface area (TPSA) is 78.0 Å². The zero-order valence-corrected chi connectivity index (χ0v) is 12.4. The zero-order valence-electron chi connectivity index (χ0n) is 12.4. The highest BCUT2D eigenvalue weighted by Crippen LogP contribution is 2.36. The number of hydrogen-bond donors (Lipinski definition) is 2. The molecule has 1 aromatic carbocycles. The number of aromatic nitrogens is 3. The average molecular weight is 287 g/mol. The van der Waals surface area contributed by atoms with Crippen LogP contribution >= 0.6 is 0 Å². The van der Waals surface area contributed by atoms with E-state index in [0.29, 0.717) is 6.61 Å². The van der Waals surface area contributed by atoms with E-state index in [2.05, 4.69) is 35.4 Å². The maximum atomic E-state index is 5.79. The van der Waals surface area contributed by atoms with Gasteiger partial charge in [-0.2, -0.15) is 5.10 Å². The lowest BCUT2D eigenvalue weighted by atomic mass is 9.91. The third-order valence-corrected chi connectivity index (χ3v) is 3.98. The minimum absolute atomic E-state index is 0.0651. The van der Waals surface area contributed by atoms with Gasteiger partial charge in [0.25, 0.3) is 0 Å². The lowest BCUT2D eigenvalue weighted by Crippen LogP contribution is -2.42. The first-order valence-corrected chi connectivity index (χ1v) is 7.27. The summed E-state index contributed by atoms with van der Waals surface area (Å²) in [7, 11) is 0. The molecule has 1 aromatic heterocycles. The number of nitrogens with two attached hydrogens (primary N) is 1. The van der Waals surface area contributed by atoms with Crippen molar-refractivity contribution in [1.82, 2.24) is 20.2 Å². The van der Waals surface area contributed by atoms with Crippen molar-refractivity contribution in [2.24, 2.45) is 5.84 Å². The smallest absolute Gasteiger partial charge is 0.138 e. The van der Waals surface area contributed by atoms with Gasteiger partial charge in [0.1, 0.15) is 17.9 Å². The van der Waals surface area contributed by atoms with Gasteiger partial charge >= 0.3 is 0 Å². The second-order valence-electron chi connectivity index (χ2n) is 5.65. The summed E-state index contributed by atoms with van der Waals surface area (Å²) in [4.78, 5) is 4.37. The molecule has 2 atom stereocenters. The van der Waals surface area contributed by atoms with E-state index in [1.54, 1.807) is 6.33 Å². The fourth-order valence-corrected chi connectivity index (χ4v) is 2.89. The van der Waals surface area contributed by atoms with Crippen molar-refractivity contribution in [3.8, 4) is 5.75 Å². The van der Waals surface area contributed by atoms with Crippen molar-refractivity contribution in [3.63, 3.8) is 0 Å². The predicted molar refractivity (Wildman–Crippen MR) is 79.9 cm³/mol. The van der Waals surface area contributed by atoms with Crippen molar-refractivity contribution in [2.45, 2.75) is 38.3 Å². The van der Waals surface area contributed by atoms with E-state index in [1.807, 2.05) is 22.9 Å². The first kappa shape index (κ1) is 14.0. The fourth-order valence-electron chi connectivity index (χ4n) is 2.89. The molecule has 6 nitrogen and oxygen atoms in total. The monoisotopic (exact) mass is 287 g/mol. The third-order valence-electron chi connectivity index (χ3n) is 3.98. The molecule has 0 fully saturated rings. The molecule has 1 aliphatic heterocycles. The van der Waals surface area contributed by atoms with Gasteiger partial charge in [-0.25, -0.2) is 9.67 Å². The first-order chi connectivity index (χ1) is 10.2. The van der Waals surface area contributed by atoms with Crippen LogP contribution in [0.5, 0.6) is 5.75 Å². The Balaban J connectivity index is 1.82. The molecule has 2 heterocycles. The Bertz CT molecular complexity index is 610. The van der Waals surface area contributed by atoms with Crippen molar-refractivity contribution < 1.29 is 4.74 Å². The number of hydrogen-bond acceptors (Lipinski definition) is 5. The SMILES string of the molecule is CC(C)n1ncnc1CC(NN)C1COc2ccccc21. The van der Waals surface area contributed by atoms with Crippen LogP contribution in [-0.4, -0.2) is 27.4 Å². The molecule has 0 amide bonds. The number of benzene rings is 1. The standard InChI is InChI=1S/C15H21N5O/c1-10(2)20-15(17-9-18-20)7-13(19-16)12-8-21-14-6-4-3-5-11(12)14/h3-6,9-10,12-13,19H,7-8,16H2,1-2H3. The number of para-hydroxylation sites is 1. The minimum atomic E-state index is 0.0651. The molecule has 112 valence electrons. The van der Waals surface area contributed by atoms with Crippen LogP contribution in [0.1, 0.15) is 37.2 Å². The van der Waals surface area contributed by atoms with Crippen molar-refractivity contribution in [1.29, 1.82) is 0 Å². The van der Waals surface area contributed by atoms with Gasteiger partial charge in [0.2, 0.25) is 0 Å². The number of fused-ring (bicyclic) bond motifs is 1. The Morgan fingerprint density at radius 3 is 3.00 bits per heavy atom. The number of hydrazine groups is 1. The molecule has 0 spiro atoms. The highest BCUT2D eigenvalue weighted by molar-refractivity contribution is 5.40. The maximum absolute atomic E-state index is 5.79. The summed E-state index contributed by atoms with van der Waals surface area (Å²) in [6.45, 7) is 4.83. The predicted octanol–water partition coefficient (Wildman–Crippen LogP) is 1.41. The molecule has 2 unspecified atom stereocenters. The highest BCUT2D eigenvalue weighted by Gasteiger charge is 2.31. The molecule has 0 saturated heterocycles. The summed E-state index contributed by atoms with van der Waals surface area (Å²) >= 11 is 0. The summed E-state index contributed by atoms with van der Waals surface area (Å²) < 4.78 is 7.69. The number of rotatable bonds is 5. The first-order valence-electron chi connectivity index (χ1n) is 7.27. The van der Waals surface area contributed by atoms with E-state index in [-0.39, 0.29) is 18.0 Å². The average Bonchev–Trinajstić information content (AvgIpc) is 3.11. The number of nitrogens with one attached hydrogen (secondary N) is 1. The van der Waals surface area contributed by atoms with E-state index < -0.39 is 0 Å². The Morgan fingerprint density at radius 1 is 1.43 bits per heavy atom. The Labute approximate surface area is 124 Å². The summed E-state index contributed by atoms with van der Waals surface area (Å²) in [5.41, 5.74) is 4.13. The molecular weight excluding hydrogens is 266 g/mol. The third kappa shape index (κ3) is 2.64. The van der Waals surface area contributed by atoms with Crippen LogP contribution in [0.15, 0.2) is 30.6 Å². The second kappa shape index (κ2) is 5.83. The molecule has 3 N–H and O–H groups in total. The van der Waals surface area contributed by atoms with Crippen LogP contribution in [0.2, 0.25) is 0 Å². The second-order valence-corrected chi connectivity index (χ2v) is 5.65. The van der Waals surface area contributed by atoms with Crippen LogP contribution in [-0.2, 0) is 6.42 Å². The summed E-state index contributed by atoms with van der Waals surface area (Å²) in [6.07, 6.45) is 2.32. The number of ether oxygens (including phenoxy) is 1. The normalized spacial score (nSPS) is 18.6. The molecule has 0 bridgehead atoms. The zero-order chi connectivity index (χ0) is 14.8. The van der Waals surface area contributed by atoms with Gasteiger partial charge in [-0.05, 0) is 19.9 Å². The van der Waals surface area contributed by atoms with Crippen LogP contribution < -0.4 is 16.0 Å². The Hall–Kier alpha value is -1.92. The highest BCUT2D eigenvalue weighted by atomic mass is 16.5. The Kier molecular flexibility index (Phi) is 3.90. The van der Waals surface area contributed by atoms with Crippen molar-refractivity contribution in [2.75, 3.05) is 6.61 Å². The summed E-state index contributed by atoms with van der Waals surface area (Å²) in [5.74, 6) is 7.91. The maximum Gasteiger partial charge on any atom is 0.138 e. The fraction of sp³-hybridized carbons (Fsp3) is 0.467. The van der Waals surface area contributed by atoms with E-state index in [9.17, 15) is 0 Å². The van der Waals surface area contributed by atoms with Gasteiger partial charge in [-0.3, -0.25) is 11.3 Å². The van der Waals surface area contributed by atoms with Crippen LogP contribution in [0, 0.1) is 0 Å². The molecule has 2 aromatic rings. The van der Waals surface area contributed by atoms with E-state index in [1.165, 1.54) is 5.56 Å². The lowest BCUT2D eigenvalue weighted by Gasteiger charge is -2.22. The van der Waals surface area contributed by atoms with Crippen LogP contribution in [0.25, 0.3) is 0 Å². The molecule has 6 heteroatoms. The molecule has 0 aliphatic carbocycles. The van der Waals surface area contributed by atoms with E-state index in [4.69, 9.17) is 10.6 Å². The van der Waals surface area contributed by atoms with Gasteiger partial charge in [-0.15, -0.1) is 0 Å². The summed E-state index contributed by atoms with van der Waals surface area (Å²) in [5, 5.41) is 4.28. The van der Waals surface area contributed by atoms with Crippen LogP contribution in [0.3, 0.4) is 0 Å². The van der Waals surface area contributed by atoms with Crippen molar-refractivity contribution in [3.05, 3.63) is 42.0 Å². The van der Waals surface area contributed by atoms with Crippen molar-refractivity contribution >= 4 is 0 Å². The van der Waals surface area contributed by atoms with Crippen LogP contribution in [0.4, 0.5) is 0 Å². The van der Waals surface area contributed by atoms with Gasteiger partial charge in [0.15, 0.2) is 0 Å². The van der Waals surface area contributed by atoms with Gasteiger partial charge in [0, 0.05) is 30.0 Å². The molecule has 0 radical (unpaired) electrons.